The van der Waals surface area contributed by atoms with Gasteiger partial charge in [-0.3, -0.25) is 0 Å². The van der Waals surface area contributed by atoms with Crippen molar-refractivity contribution in [2.24, 2.45) is 0 Å². The van der Waals surface area contributed by atoms with Crippen molar-refractivity contribution in [1.82, 2.24) is 0 Å². The molecule has 0 unspecified atom stereocenters. The predicted octanol–water partition coefficient (Wildman–Crippen LogP) is 2.73. The maximum Gasteiger partial charge on any atom is 0.232 e. The second-order valence-corrected chi connectivity index (χ2v) is 6.16. The van der Waals surface area contributed by atoms with E-state index in [1.165, 1.54) is 0 Å². The van der Waals surface area contributed by atoms with Crippen LogP contribution in [0.25, 0.3) is 0 Å². The fourth-order valence-electron chi connectivity index (χ4n) is 1.02. The van der Waals surface area contributed by atoms with Crippen molar-refractivity contribution in [1.29, 1.82) is 0 Å². The highest BCUT2D eigenvalue weighted by Gasteiger charge is 2.12. The maximum absolute atomic E-state index is 13.2. The molecular weight excluding hydrogens is 269 g/mol. The van der Waals surface area contributed by atoms with Crippen molar-refractivity contribution in [2.75, 3.05) is 5.75 Å². The quantitative estimate of drug-likeness (QED) is 0.628. The van der Waals surface area contributed by atoms with Crippen LogP contribution < -0.4 is 0 Å². The fourth-order valence-corrected chi connectivity index (χ4v) is 1.94. The molecule has 2 nitrogen and oxygen atoms in total. The number of aryl methyl sites for hydroxylation is 1. The molecule has 1 aromatic carbocycles. The summed E-state index contributed by atoms with van der Waals surface area (Å²) in [6.07, 6.45) is -0.213. The Morgan fingerprint density at radius 3 is 2.40 bits per heavy atom. The average Bonchev–Trinajstić information content (AvgIpc) is 2.07. The smallest absolute Gasteiger partial charge is 0.212 e. The van der Waals surface area contributed by atoms with Crippen LogP contribution in [-0.2, 0) is 15.5 Å². The van der Waals surface area contributed by atoms with Crippen molar-refractivity contribution >= 4 is 31.3 Å². The van der Waals surface area contributed by atoms with E-state index in [9.17, 15) is 17.2 Å². The van der Waals surface area contributed by atoms with Gasteiger partial charge >= 0.3 is 0 Å². The number of halogens is 4. The lowest BCUT2D eigenvalue weighted by molar-refractivity contribution is 0.584. The van der Waals surface area contributed by atoms with Crippen molar-refractivity contribution in [2.45, 2.75) is 6.42 Å². The largest absolute Gasteiger partial charge is 0.232 e. The van der Waals surface area contributed by atoms with E-state index in [0.717, 1.165) is 12.1 Å². The number of hydrogen-bond acceptors (Lipinski definition) is 2. The lowest BCUT2D eigenvalue weighted by atomic mass is 10.1. The van der Waals surface area contributed by atoms with Gasteiger partial charge < -0.3 is 0 Å². The van der Waals surface area contributed by atoms with E-state index in [2.05, 4.69) is 0 Å². The van der Waals surface area contributed by atoms with Crippen LogP contribution in [0.5, 0.6) is 0 Å². The fraction of sp³-hybridized carbons (Fsp3) is 0.250. The van der Waals surface area contributed by atoms with Crippen LogP contribution in [0.2, 0.25) is 5.02 Å². The molecular formula is C8H6Cl2F2O2S. The summed E-state index contributed by atoms with van der Waals surface area (Å²) in [7, 11) is 1.21. The van der Waals surface area contributed by atoms with Crippen LogP contribution in [0.4, 0.5) is 8.78 Å². The highest BCUT2D eigenvalue weighted by molar-refractivity contribution is 8.13. The molecule has 84 valence electrons. The lowest BCUT2D eigenvalue weighted by Gasteiger charge is -2.03. The molecule has 0 aromatic heterocycles. The SMILES string of the molecule is O=S(=O)(Cl)CCc1cc(F)cc(Cl)c1F. The molecule has 0 aliphatic heterocycles. The van der Waals surface area contributed by atoms with Gasteiger partial charge in [0, 0.05) is 10.7 Å². The van der Waals surface area contributed by atoms with Gasteiger partial charge in [-0.25, -0.2) is 17.2 Å². The first-order valence-corrected chi connectivity index (χ1v) is 6.71. The third-order valence-corrected chi connectivity index (χ3v) is 3.11. The Balaban J connectivity index is 2.95. The molecule has 1 aromatic rings. The maximum atomic E-state index is 13.2. The minimum absolute atomic E-state index is 0.107. The summed E-state index contributed by atoms with van der Waals surface area (Å²) in [5.74, 6) is -2.01. The Bertz CT molecular complexity index is 474. The first kappa shape index (κ1) is 12.7. The van der Waals surface area contributed by atoms with Gasteiger partial charge in [-0.1, -0.05) is 11.6 Å². The zero-order chi connectivity index (χ0) is 11.6. The van der Waals surface area contributed by atoms with E-state index >= 15 is 0 Å². The van der Waals surface area contributed by atoms with Crippen molar-refractivity contribution in [3.63, 3.8) is 0 Å². The summed E-state index contributed by atoms with van der Waals surface area (Å²) in [4.78, 5) is 0. The second kappa shape index (κ2) is 4.63. The van der Waals surface area contributed by atoms with Crippen molar-refractivity contribution in [3.05, 3.63) is 34.4 Å². The molecule has 7 heteroatoms. The van der Waals surface area contributed by atoms with Crippen LogP contribution in [-0.4, -0.2) is 14.2 Å². The standard InChI is InChI=1S/C8H6Cl2F2O2S/c9-7-4-6(11)3-5(8(7)12)1-2-15(10,13)14/h3-4H,1-2H2. The van der Waals surface area contributed by atoms with Crippen LogP contribution in [0.15, 0.2) is 12.1 Å². The first-order valence-electron chi connectivity index (χ1n) is 3.85. The summed E-state index contributed by atoms with van der Waals surface area (Å²) in [6.45, 7) is 0. The number of hydrogen-bond donors (Lipinski definition) is 0. The summed E-state index contributed by atoms with van der Waals surface area (Å²) < 4.78 is 47.2. The predicted molar refractivity (Wildman–Crippen MR) is 54.7 cm³/mol. The van der Waals surface area contributed by atoms with E-state index in [1.807, 2.05) is 0 Å². The Morgan fingerprint density at radius 2 is 1.87 bits per heavy atom. The zero-order valence-corrected chi connectivity index (χ0v) is 9.63. The van der Waals surface area contributed by atoms with Gasteiger partial charge in [-0.2, -0.15) is 0 Å². The van der Waals surface area contributed by atoms with E-state index in [4.69, 9.17) is 22.3 Å². The van der Waals surface area contributed by atoms with Crippen molar-refractivity contribution < 1.29 is 17.2 Å². The summed E-state index contributed by atoms with van der Waals surface area (Å²) in [5.41, 5.74) is -0.107. The Hall–Kier alpha value is -0.390. The molecule has 0 heterocycles. The minimum atomic E-state index is -3.72. The van der Waals surface area contributed by atoms with Gasteiger partial charge in [0.2, 0.25) is 9.05 Å². The molecule has 0 saturated heterocycles. The highest BCUT2D eigenvalue weighted by Crippen LogP contribution is 2.21. The van der Waals surface area contributed by atoms with Crippen molar-refractivity contribution in [3.8, 4) is 0 Å². The summed E-state index contributed by atoms with van der Waals surface area (Å²) in [6, 6.07) is 1.71. The average molecular weight is 275 g/mol. The van der Waals surface area contributed by atoms with Gasteiger partial charge in [0.15, 0.2) is 0 Å². The van der Waals surface area contributed by atoms with E-state index in [1.54, 1.807) is 0 Å². The molecule has 0 fully saturated rings. The normalized spacial score (nSPS) is 11.7. The molecule has 0 aliphatic rings. The molecule has 0 spiro atoms. The Morgan fingerprint density at radius 1 is 1.27 bits per heavy atom. The molecule has 0 bridgehead atoms. The zero-order valence-electron chi connectivity index (χ0n) is 7.31. The summed E-state index contributed by atoms with van der Waals surface area (Å²) in [5, 5.41) is -0.378. The summed E-state index contributed by atoms with van der Waals surface area (Å²) >= 11 is 5.37. The number of rotatable bonds is 3. The van der Waals surface area contributed by atoms with E-state index in [-0.39, 0.29) is 17.0 Å². The molecule has 1 rings (SSSR count). The van der Waals surface area contributed by atoms with Crippen LogP contribution in [0.1, 0.15) is 5.56 Å². The topological polar surface area (TPSA) is 34.1 Å². The molecule has 0 saturated carbocycles. The van der Waals surface area contributed by atoms with Crippen LogP contribution >= 0.6 is 22.3 Å². The van der Waals surface area contributed by atoms with Crippen LogP contribution in [0.3, 0.4) is 0 Å². The van der Waals surface area contributed by atoms with Gasteiger partial charge in [-0.15, -0.1) is 0 Å². The molecule has 15 heavy (non-hydrogen) atoms. The van der Waals surface area contributed by atoms with E-state index < -0.39 is 26.4 Å². The first-order chi connectivity index (χ1) is 6.79. The second-order valence-electron chi connectivity index (χ2n) is 2.85. The molecule has 0 amide bonds. The Labute approximate surface area is 95.2 Å². The molecule has 0 N–H and O–H groups in total. The monoisotopic (exact) mass is 274 g/mol. The molecule has 0 atom stereocenters. The van der Waals surface area contributed by atoms with Gasteiger partial charge in [0.05, 0.1) is 10.8 Å². The Kier molecular flexibility index (Phi) is 3.92. The third-order valence-electron chi connectivity index (χ3n) is 1.68. The lowest BCUT2D eigenvalue weighted by Crippen LogP contribution is -2.03. The minimum Gasteiger partial charge on any atom is -0.212 e. The third kappa shape index (κ3) is 3.93. The number of benzene rings is 1. The van der Waals surface area contributed by atoms with Gasteiger partial charge in [0.25, 0.3) is 0 Å². The van der Waals surface area contributed by atoms with Crippen LogP contribution in [0, 0.1) is 11.6 Å². The van der Waals surface area contributed by atoms with E-state index in [0.29, 0.717) is 0 Å². The highest BCUT2D eigenvalue weighted by atomic mass is 35.7. The van der Waals surface area contributed by atoms with Gasteiger partial charge in [0.1, 0.15) is 11.6 Å². The van der Waals surface area contributed by atoms with Gasteiger partial charge in [-0.05, 0) is 24.1 Å². The molecule has 0 aliphatic carbocycles. The molecule has 0 radical (unpaired) electrons.